The Balaban J connectivity index is 2.06. The molecule has 0 saturated heterocycles. The molecule has 0 amide bonds. The van der Waals surface area contributed by atoms with Crippen LogP contribution in [0.2, 0.25) is 0 Å². The van der Waals surface area contributed by atoms with Gasteiger partial charge in [0, 0.05) is 23.0 Å². The lowest BCUT2D eigenvalue weighted by atomic mass is 9.92. The van der Waals surface area contributed by atoms with Crippen molar-refractivity contribution in [3.8, 4) is 0 Å². The first-order valence-electron chi connectivity index (χ1n) is 6.57. The Morgan fingerprint density at radius 1 is 1.17 bits per heavy atom. The number of hydrogen-bond donors (Lipinski definition) is 1. The van der Waals surface area contributed by atoms with Gasteiger partial charge in [-0.05, 0) is 49.5 Å². The van der Waals surface area contributed by atoms with Gasteiger partial charge < -0.3 is 4.98 Å². The monoisotopic (exact) mass is 239 g/mol. The van der Waals surface area contributed by atoms with Crippen molar-refractivity contribution >= 4 is 22.8 Å². The number of hydrogen-bond acceptors (Lipinski definition) is 1. The molecule has 2 aromatic rings. The predicted octanol–water partition coefficient (Wildman–Crippen LogP) is 4.00. The van der Waals surface area contributed by atoms with Crippen LogP contribution < -0.4 is 0 Å². The molecule has 1 N–H and O–H groups in total. The molecule has 2 heteroatoms. The Labute approximate surface area is 107 Å². The van der Waals surface area contributed by atoms with Gasteiger partial charge in [0.2, 0.25) is 0 Å². The van der Waals surface area contributed by atoms with Gasteiger partial charge in [0.15, 0.2) is 5.78 Å². The molecule has 0 spiro atoms. The summed E-state index contributed by atoms with van der Waals surface area (Å²) in [6, 6.07) is 8.27. The number of para-hydroxylation sites is 1. The number of Topliss-reactive ketones (excluding diaryl/α,β-unsaturated/α-hetero) is 1. The molecule has 1 heterocycles. The first kappa shape index (κ1) is 11.3. The summed E-state index contributed by atoms with van der Waals surface area (Å²) in [4.78, 5) is 15.2. The minimum atomic E-state index is 0.319. The van der Waals surface area contributed by atoms with Crippen LogP contribution in [0, 0.1) is 6.92 Å². The average molecular weight is 239 g/mol. The molecule has 1 fully saturated rings. The van der Waals surface area contributed by atoms with E-state index in [9.17, 15) is 4.79 Å². The molecule has 0 radical (unpaired) electrons. The van der Waals surface area contributed by atoms with Gasteiger partial charge in [0.1, 0.15) is 0 Å². The minimum Gasteiger partial charge on any atom is -0.355 e. The molecule has 0 bridgehead atoms. The summed E-state index contributed by atoms with van der Waals surface area (Å²) in [5.74, 6) is 0.319. The zero-order valence-electron chi connectivity index (χ0n) is 10.6. The van der Waals surface area contributed by atoms with Gasteiger partial charge in [-0.3, -0.25) is 4.79 Å². The number of aromatic amines is 1. The zero-order chi connectivity index (χ0) is 12.5. The maximum Gasteiger partial charge on any atom is 0.158 e. The third-order valence-corrected chi connectivity index (χ3v) is 3.78. The maximum absolute atomic E-state index is 11.8. The fourth-order valence-electron chi connectivity index (χ4n) is 2.68. The number of fused-ring (bicyclic) bond motifs is 1. The summed E-state index contributed by atoms with van der Waals surface area (Å²) in [6.07, 6.45) is 5.87. The molecule has 92 valence electrons. The number of ketones is 1. The van der Waals surface area contributed by atoms with Crippen molar-refractivity contribution in [2.24, 2.45) is 0 Å². The number of H-pyrrole nitrogens is 1. The van der Waals surface area contributed by atoms with E-state index in [1.165, 1.54) is 10.9 Å². The number of allylic oxidation sites excluding steroid dienone is 1. The standard InChI is InChI=1S/C16H17NO/c1-11-13-7-3-4-8-14(13)17-15(11)10-12-6-2-5-9-16(12)18/h3-4,7-8,10,17H,2,5-6,9H2,1H3/b12-10+. The van der Waals surface area contributed by atoms with Crippen LogP contribution in [0.15, 0.2) is 29.8 Å². The Morgan fingerprint density at radius 2 is 1.94 bits per heavy atom. The first-order chi connectivity index (χ1) is 8.75. The summed E-state index contributed by atoms with van der Waals surface area (Å²) < 4.78 is 0. The van der Waals surface area contributed by atoms with E-state index in [1.54, 1.807) is 0 Å². The molecule has 1 saturated carbocycles. The van der Waals surface area contributed by atoms with Crippen molar-refractivity contribution in [1.29, 1.82) is 0 Å². The van der Waals surface area contributed by atoms with Crippen LogP contribution in [0.25, 0.3) is 17.0 Å². The molecule has 18 heavy (non-hydrogen) atoms. The molecule has 1 aromatic carbocycles. The quantitative estimate of drug-likeness (QED) is 0.749. The van der Waals surface area contributed by atoms with Crippen molar-refractivity contribution in [3.05, 3.63) is 41.1 Å². The summed E-state index contributed by atoms with van der Waals surface area (Å²) in [5.41, 5.74) is 4.44. The average Bonchev–Trinajstić information content (AvgIpc) is 2.70. The Morgan fingerprint density at radius 3 is 2.72 bits per heavy atom. The molecule has 0 atom stereocenters. The van der Waals surface area contributed by atoms with E-state index in [4.69, 9.17) is 0 Å². The van der Waals surface area contributed by atoms with Crippen molar-refractivity contribution in [2.45, 2.75) is 32.6 Å². The van der Waals surface area contributed by atoms with Crippen LogP contribution in [0.5, 0.6) is 0 Å². The Kier molecular flexibility index (Phi) is 2.78. The second kappa shape index (κ2) is 4.45. The molecule has 1 aromatic heterocycles. The molecular formula is C16H17NO. The SMILES string of the molecule is Cc1c(/C=C2\CCCCC2=O)[nH]c2ccccc12. The van der Waals surface area contributed by atoms with Crippen LogP contribution in [-0.2, 0) is 4.79 Å². The maximum atomic E-state index is 11.8. The van der Waals surface area contributed by atoms with Gasteiger partial charge in [-0.2, -0.15) is 0 Å². The number of rotatable bonds is 1. The number of benzene rings is 1. The summed E-state index contributed by atoms with van der Waals surface area (Å²) >= 11 is 0. The second-order valence-corrected chi connectivity index (χ2v) is 5.01. The lowest BCUT2D eigenvalue weighted by Gasteiger charge is -2.12. The lowest BCUT2D eigenvalue weighted by Crippen LogP contribution is -2.08. The van der Waals surface area contributed by atoms with E-state index in [2.05, 4.69) is 30.1 Å². The predicted molar refractivity (Wildman–Crippen MR) is 74.5 cm³/mol. The third kappa shape index (κ3) is 1.88. The number of carbonyl (C=O) groups is 1. The van der Waals surface area contributed by atoms with Crippen LogP contribution in [0.1, 0.15) is 36.9 Å². The van der Waals surface area contributed by atoms with Gasteiger partial charge >= 0.3 is 0 Å². The number of nitrogens with one attached hydrogen (secondary N) is 1. The van der Waals surface area contributed by atoms with Crippen molar-refractivity contribution in [1.82, 2.24) is 4.98 Å². The third-order valence-electron chi connectivity index (χ3n) is 3.78. The topological polar surface area (TPSA) is 32.9 Å². The van der Waals surface area contributed by atoms with E-state index < -0.39 is 0 Å². The van der Waals surface area contributed by atoms with E-state index in [1.807, 2.05) is 12.1 Å². The normalized spacial score (nSPS) is 18.7. The smallest absolute Gasteiger partial charge is 0.158 e. The van der Waals surface area contributed by atoms with Gasteiger partial charge in [-0.15, -0.1) is 0 Å². The van der Waals surface area contributed by atoms with E-state index in [0.29, 0.717) is 12.2 Å². The fourth-order valence-corrected chi connectivity index (χ4v) is 2.68. The van der Waals surface area contributed by atoms with Crippen molar-refractivity contribution in [2.75, 3.05) is 0 Å². The molecule has 1 aliphatic rings. The zero-order valence-corrected chi connectivity index (χ0v) is 10.6. The summed E-state index contributed by atoms with van der Waals surface area (Å²) in [7, 11) is 0. The van der Waals surface area contributed by atoms with Gasteiger partial charge in [-0.25, -0.2) is 0 Å². The first-order valence-corrected chi connectivity index (χ1v) is 6.57. The number of carbonyl (C=O) groups excluding carboxylic acids is 1. The molecule has 1 aliphatic carbocycles. The van der Waals surface area contributed by atoms with E-state index in [-0.39, 0.29) is 0 Å². The lowest BCUT2D eigenvalue weighted by molar-refractivity contribution is -0.116. The molecule has 0 aliphatic heterocycles. The summed E-state index contributed by atoms with van der Waals surface area (Å²) in [5, 5.41) is 1.24. The highest BCUT2D eigenvalue weighted by Crippen LogP contribution is 2.26. The Bertz CT molecular complexity index is 634. The minimum absolute atomic E-state index is 0.319. The van der Waals surface area contributed by atoms with E-state index in [0.717, 1.165) is 36.0 Å². The molecule has 3 rings (SSSR count). The number of aryl methyl sites for hydroxylation is 1. The second-order valence-electron chi connectivity index (χ2n) is 5.01. The van der Waals surface area contributed by atoms with Crippen LogP contribution in [0.4, 0.5) is 0 Å². The van der Waals surface area contributed by atoms with Gasteiger partial charge in [-0.1, -0.05) is 18.2 Å². The molecule has 2 nitrogen and oxygen atoms in total. The van der Waals surface area contributed by atoms with Crippen LogP contribution >= 0.6 is 0 Å². The van der Waals surface area contributed by atoms with E-state index >= 15 is 0 Å². The van der Waals surface area contributed by atoms with Gasteiger partial charge in [0.25, 0.3) is 0 Å². The van der Waals surface area contributed by atoms with Crippen molar-refractivity contribution in [3.63, 3.8) is 0 Å². The molecular weight excluding hydrogens is 222 g/mol. The van der Waals surface area contributed by atoms with Crippen LogP contribution in [-0.4, -0.2) is 10.8 Å². The fraction of sp³-hybridized carbons (Fsp3) is 0.312. The highest BCUT2D eigenvalue weighted by molar-refractivity contribution is 6.01. The molecule has 0 unspecified atom stereocenters. The Hall–Kier alpha value is -1.83. The number of aromatic nitrogens is 1. The largest absolute Gasteiger partial charge is 0.355 e. The van der Waals surface area contributed by atoms with Crippen LogP contribution in [0.3, 0.4) is 0 Å². The highest BCUT2D eigenvalue weighted by Gasteiger charge is 2.15. The van der Waals surface area contributed by atoms with Crippen molar-refractivity contribution < 1.29 is 4.79 Å². The van der Waals surface area contributed by atoms with Gasteiger partial charge in [0.05, 0.1) is 0 Å². The highest BCUT2D eigenvalue weighted by atomic mass is 16.1. The summed E-state index contributed by atoms with van der Waals surface area (Å²) in [6.45, 7) is 2.11.